The summed E-state index contributed by atoms with van der Waals surface area (Å²) in [6.45, 7) is 0. The van der Waals surface area contributed by atoms with Crippen molar-refractivity contribution in [3.63, 3.8) is 0 Å². The van der Waals surface area contributed by atoms with Gasteiger partial charge in [-0.2, -0.15) is 0 Å². The normalized spacial score (nSPS) is 15.8. The van der Waals surface area contributed by atoms with Crippen molar-refractivity contribution in [1.29, 1.82) is 0 Å². The van der Waals surface area contributed by atoms with Crippen molar-refractivity contribution in [2.24, 2.45) is 0 Å². The first-order valence-electron chi connectivity index (χ1n) is 4.63. The summed E-state index contributed by atoms with van der Waals surface area (Å²) in [4.78, 5) is 14.0. The van der Waals surface area contributed by atoms with Crippen LogP contribution in [0.25, 0.3) is 0 Å². The van der Waals surface area contributed by atoms with Gasteiger partial charge in [0.15, 0.2) is 0 Å². The zero-order valence-electron chi connectivity index (χ0n) is 7.85. The van der Waals surface area contributed by atoms with Crippen molar-refractivity contribution in [3.05, 3.63) is 27.4 Å². The maximum Gasteiger partial charge on any atom is 0.332 e. The van der Waals surface area contributed by atoms with E-state index in [4.69, 9.17) is 16.3 Å². The van der Waals surface area contributed by atoms with Crippen LogP contribution in [0.4, 0.5) is 5.69 Å². The Bertz CT molecular complexity index is 393. The van der Waals surface area contributed by atoms with Crippen LogP contribution in [0.1, 0.15) is 19.3 Å². The second-order valence-corrected chi connectivity index (χ2v) is 3.84. The van der Waals surface area contributed by atoms with Crippen LogP contribution in [-0.2, 0) is 0 Å². The Morgan fingerprint density at radius 1 is 1.60 bits per heavy atom. The molecule has 0 atom stereocenters. The minimum Gasteiger partial charge on any atom is -0.469 e. The van der Waals surface area contributed by atoms with E-state index < -0.39 is 4.92 Å². The molecule has 1 aliphatic carbocycles. The fraction of sp³-hybridized carbons (Fsp3) is 0.444. The molecule has 0 spiro atoms. The number of nitrogens with zero attached hydrogens (tertiary/aromatic N) is 2. The first kappa shape index (κ1) is 10.2. The predicted molar refractivity (Wildman–Crippen MR) is 54.2 cm³/mol. The highest BCUT2D eigenvalue weighted by molar-refractivity contribution is 6.30. The van der Waals surface area contributed by atoms with E-state index in [0.717, 1.165) is 19.3 Å². The van der Waals surface area contributed by atoms with E-state index in [1.165, 1.54) is 12.3 Å². The zero-order valence-corrected chi connectivity index (χ0v) is 8.61. The molecule has 0 radical (unpaired) electrons. The van der Waals surface area contributed by atoms with Gasteiger partial charge in [0.05, 0.1) is 16.1 Å². The third-order valence-electron chi connectivity index (χ3n) is 2.33. The lowest BCUT2D eigenvalue weighted by Crippen LogP contribution is -2.25. The molecule has 15 heavy (non-hydrogen) atoms. The minimum absolute atomic E-state index is 0.0640. The van der Waals surface area contributed by atoms with Crippen molar-refractivity contribution >= 4 is 17.3 Å². The van der Waals surface area contributed by atoms with Gasteiger partial charge in [0.1, 0.15) is 6.10 Å². The number of rotatable bonds is 3. The van der Waals surface area contributed by atoms with Crippen LogP contribution in [0.3, 0.4) is 0 Å². The van der Waals surface area contributed by atoms with Crippen LogP contribution in [0.5, 0.6) is 5.88 Å². The van der Waals surface area contributed by atoms with Gasteiger partial charge in [-0.3, -0.25) is 10.1 Å². The molecule has 1 aromatic heterocycles. The van der Waals surface area contributed by atoms with Crippen LogP contribution >= 0.6 is 11.6 Å². The second-order valence-electron chi connectivity index (χ2n) is 3.41. The van der Waals surface area contributed by atoms with Crippen LogP contribution < -0.4 is 4.74 Å². The highest BCUT2D eigenvalue weighted by atomic mass is 35.5. The molecule has 1 aromatic rings. The molecule has 0 aliphatic heterocycles. The fourth-order valence-electron chi connectivity index (χ4n) is 1.28. The first-order chi connectivity index (χ1) is 7.16. The van der Waals surface area contributed by atoms with E-state index in [2.05, 4.69) is 4.98 Å². The molecule has 1 fully saturated rings. The SMILES string of the molecule is O=[N+]([O-])c1cc(Cl)cnc1OC1CCC1. The van der Waals surface area contributed by atoms with E-state index in [1.807, 2.05) is 0 Å². The number of nitro groups is 1. The number of hydrogen-bond acceptors (Lipinski definition) is 4. The quantitative estimate of drug-likeness (QED) is 0.589. The smallest absolute Gasteiger partial charge is 0.332 e. The molecule has 6 heteroatoms. The molecule has 0 amide bonds. The Morgan fingerprint density at radius 2 is 2.33 bits per heavy atom. The molecule has 1 aliphatic rings. The van der Waals surface area contributed by atoms with Crippen molar-refractivity contribution in [1.82, 2.24) is 4.98 Å². The molecular weight excluding hydrogens is 220 g/mol. The van der Waals surface area contributed by atoms with Crippen molar-refractivity contribution in [2.75, 3.05) is 0 Å². The van der Waals surface area contributed by atoms with Gasteiger partial charge in [-0.1, -0.05) is 11.6 Å². The molecule has 80 valence electrons. The van der Waals surface area contributed by atoms with E-state index in [0.29, 0.717) is 0 Å². The highest BCUT2D eigenvalue weighted by Gasteiger charge is 2.25. The van der Waals surface area contributed by atoms with Gasteiger partial charge in [0.2, 0.25) is 0 Å². The van der Waals surface area contributed by atoms with Crippen molar-refractivity contribution in [2.45, 2.75) is 25.4 Å². The average molecular weight is 229 g/mol. The van der Waals surface area contributed by atoms with Crippen LogP contribution in [0.15, 0.2) is 12.3 Å². The Balaban J connectivity index is 2.23. The van der Waals surface area contributed by atoms with Crippen LogP contribution in [-0.4, -0.2) is 16.0 Å². The topological polar surface area (TPSA) is 65.3 Å². The highest BCUT2D eigenvalue weighted by Crippen LogP contribution is 2.31. The lowest BCUT2D eigenvalue weighted by Gasteiger charge is -2.25. The molecule has 0 saturated heterocycles. The summed E-state index contributed by atoms with van der Waals surface area (Å²) in [5, 5.41) is 10.9. The molecule has 0 unspecified atom stereocenters. The molecule has 5 nitrogen and oxygen atoms in total. The van der Waals surface area contributed by atoms with Crippen LogP contribution in [0, 0.1) is 10.1 Å². The standard InChI is InChI=1S/C9H9ClN2O3/c10-6-4-8(12(13)14)9(11-5-6)15-7-2-1-3-7/h4-5,7H,1-3H2. The summed E-state index contributed by atoms with van der Waals surface area (Å²) in [6.07, 6.45) is 4.38. The monoisotopic (exact) mass is 228 g/mol. The molecule has 0 N–H and O–H groups in total. The van der Waals surface area contributed by atoms with Gasteiger partial charge >= 0.3 is 5.69 Å². The van der Waals surface area contributed by atoms with Gasteiger partial charge in [-0.05, 0) is 19.3 Å². The maximum absolute atomic E-state index is 10.7. The molecule has 1 saturated carbocycles. The predicted octanol–water partition coefficient (Wildman–Crippen LogP) is 2.57. The number of hydrogen-bond donors (Lipinski definition) is 0. The third-order valence-corrected chi connectivity index (χ3v) is 2.53. The Hall–Kier alpha value is -1.36. The summed E-state index contributed by atoms with van der Waals surface area (Å²) in [6, 6.07) is 1.25. The van der Waals surface area contributed by atoms with Gasteiger partial charge in [-0.15, -0.1) is 0 Å². The Kier molecular flexibility index (Phi) is 2.73. The molecule has 0 bridgehead atoms. The first-order valence-corrected chi connectivity index (χ1v) is 5.01. The van der Waals surface area contributed by atoms with Crippen molar-refractivity contribution < 1.29 is 9.66 Å². The zero-order chi connectivity index (χ0) is 10.8. The van der Waals surface area contributed by atoms with Gasteiger partial charge in [0, 0.05) is 6.07 Å². The summed E-state index contributed by atoms with van der Waals surface area (Å²) >= 11 is 5.62. The number of pyridine rings is 1. The largest absolute Gasteiger partial charge is 0.469 e. The van der Waals surface area contributed by atoms with E-state index in [-0.39, 0.29) is 22.7 Å². The average Bonchev–Trinajstić information content (AvgIpc) is 2.12. The Morgan fingerprint density at radius 3 is 2.87 bits per heavy atom. The Labute approximate surface area is 91.2 Å². The third kappa shape index (κ3) is 2.18. The van der Waals surface area contributed by atoms with E-state index >= 15 is 0 Å². The van der Waals surface area contributed by atoms with E-state index in [9.17, 15) is 10.1 Å². The molecule has 2 rings (SSSR count). The summed E-state index contributed by atoms with van der Waals surface area (Å²) in [7, 11) is 0. The molecule has 0 aromatic carbocycles. The maximum atomic E-state index is 10.7. The lowest BCUT2D eigenvalue weighted by molar-refractivity contribution is -0.386. The number of ether oxygens (including phenoxy) is 1. The summed E-state index contributed by atoms with van der Waals surface area (Å²) in [5.41, 5.74) is -0.172. The number of aromatic nitrogens is 1. The minimum atomic E-state index is -0.535. The van der Waals surface area contributed by atoms with Crippen LogP contribution in [0.2, 0.25) is 5.02 Å². The summed E-state index contributed by atoms with van der Waals surface area (Å²) in [5.74, 6) is 0.0640. The lowest BCUT2D eigenvalue weighted by atomic mass is 9.96. The van der Waals surface area contributed by atoms with Gasteiger partial charge in [-0.25, -0.2) is 4.98 Å². The summed E-state index contributed by atoms with van der Waals surface area (Å²) < 4.78 is 5.39. The fourth-order valence-corrected chi connectivity index (χ4v) is 1.44. The van der Waals surface area contributed by atoms with Gasteiger partial charge < -0.3 is 4.74 Å². The van der Waals surface area contributed by atoms with Gasteiger partial charge in [0.25, 0.3) is 5.88 Å². The molecular formula is C9H9ClN2O3. The second kappa shape index (κ2) is 4.02. The molecule has 1 heterocycles. The van der Waals surface area contributed by atoms with Crippen molar-refractivity contribution in [3.8, 4) is 5.88 Å². The number of halogens is 1. The van der Waals surface area contributed by atoms with E-state index in [1.54, 1.807) is 0 Å².